The smallest absolute Gasteiger partial charge is 0.194 e. The lowest BCUT2D eigenvalue weighted by Gasteiger charge is -2.59. The van der Waals surface area contributed by atoms with Crippen LogP contribution in [0.5, 0.6) is 0 Å². The molecular weight excluding hydrogens is 552 g/mol. The molecule has 0 bridgehead atoms. The second-order valence-electron chi connectivity index (χ2n) is 13.4. The van der Waals surface area contributed by atoms with Crippen molar-refractivity contribution >= 4 is 22.9 Å². The third-order valence-corrected chi connectivity index (χ3v) is 12.3. The zero-order valence-electron chi connectivity index (χ0n) is 24.0. The van der Waals surface area contributed by atoms with E-state index in [1.807, 2.05) is 30.3 Å². The largest absolute Gasteiger partial charge is 0.393 e. The second kappa shape index (κ2) is 10.0. The summed E-state index contributed by atoms with van der Waals surface area (Å²) in [6.45, 7) is 3.54. The second-order valence-corrected chi connectivity index (χ2v) is 14.3. The van der Waals surface area contributed by atoms with Gasteiger partial charge in [0.05, 0.1) is 23.7 Å². The summed E-state index contributed by atoms with van der Waals surface area (Å²) in [5.41, 5.74) is 1.67. The van der Waals surface area contributed by atoms with Crippen LogP contribution in [-0.2, 0) is 32.1 Å². The van der Waals surface area contributed by atoms with Crippen molar-refractivity contribution in [1.82, 2.24) is 0 Å². The standard InChI is InChI=1S/C34H38O7S/c1-32-9-8-23(37)13-22(32)6-7-24-25-14-29-34(28(39)17-36,33(25,2)15-26(38)30(24)32)41-31(40-29)27-12-21(18-42-27)11-19-4-3-5-20(10-19)16-35/h3-5,8-10,12-13,18,24-26,29-31,35-36,38H,6-7,11,14-17H2,1-2H3/t24-,25-,26-,29+,30+,31+,32-,33-,34+/m0/s1. The number of ketones is 2. The quantitative estimate of drug-likeness (QED) is 0.456. The fraction of sp³-hybridized carbons (Fsp3) is 0.529. The van der Waals surface area contributed by atoms with Crippen molar-refractivity contribution in [3.8, 4) is 0 Å². The highest BCUT2D eigenvalue weighted by Crippen LogP contribution is 2.70. The zero-order valence-corrected chi connectivity index (χ0v) is 24.8. The normalized spacial score (nSPS) is 40.2. The average molecular weight is 591 g/mol. The number of fused-ring (bicyclic) bond motifs is 7. The lowest BCUT2D eigenvalue weighted by molar-refractivity contribution is -0.200. The van der Waals surface area contributed by atoms with E-state index in [0.717, 1.165) is 40.0 Å². The first-order chi connectivity index (χ1) is 20.1. The molecule has 9 atom stereocenters. The highest BCUT2D eigenvalue weighted by atomic mass is 32.1. The van der Waals surface area contributed by atoms with Crippen LogP contribution >= 0.6 is 11.3 Å². The summed E-state index contributed by atoms with van der Waals surface area (Å²) >= 11 is 1.53. The molecule has 1 aromatic carbocycles. The van der Waals surface area contributed by atoms with Gasteiger partial charge in [-0.2, -0.15) is 0 Å². The molecule has 42 heavy (non-hydrogen) atoms. The lowest BCUT2D eigenvalue weighted by Crippen LogP contribution is -2.63. The molecule has 5 aliphatic rings. The van der Waals surface area contributed by atoms with Crippen LogP contribution in [0.3, 0.4) is 0 Å². The average Bonchev–Trinajstić information content (AvgIpc) is 3.65. The van der Waals surface area contributed by atoms with Crippen molar-refractivity contribution in [2.45, 2.75) is 76.7 Å². The third kappa shape index (κ3) is 3.96. The van der Waals surface area contributed by atoms with Gasteiger partial charge in [-0.15, -0.1) is 11.3 Å². The Morgan fingerprint density at radius 1 is 1.14 bits per heavy atom. The summed E-state index contributed by atoms with van der Waals surface area (Å²) in [5, 5.41) is 33.6. The van der Waals surface area contributed by atoms with Gasteiger partial charge in [0.1, 0.15) is 6.61 Å². The number of carbonyl (C=O) groups excluding carboxylic acids is 2. The number of benzene rings is 1. The maximum atomic E-state index is 13.7. The maximum absolute atomic E-state index is 13.7. The first-order valence-corrected chi connectivity index (χ1v) is 15.9. The van der Waals surface area contributed by atoms with Gasteiger partial charge in [0.2, 0.25) is 0 Å². The molecule has 4 fully saturated rings. The summed E-state index contributed by atoms with van der Waals surface area (Å²) in [6.07, 6.45) is 6.69. The van der Waals surface area contributed by atoms with E-state index in [1.165, 1.54) is 11.3 Å². The van der Waals surface area contributed by atoms with Gasteiger partial charge < -0.3 is 24.8 Å². The Morgan fingerprint density at radius 2 is 1.95 bits per heavy atom. The fourth-order valence-corrected chi connectivity index (χ4v) is 10.4. The number of aliphatic hydroxyl groups is 3. The van der Waals surface area contributed by atoms with Crippen molar-refractivity contribution in [3.63, 3.8) is 0 Å². The molecule has 3 saturated carbocycles. The summed E-state index contributed by atoms with van der Waals surface area (Å²) < 4.78 is 13.3. The highest BCUT2D eigenvalue weighted by Gasteiger charge is 2.76. The first kappa shape index (κ1) is 28.3. The Labute approximate surface area is 249 Å². The number of carbonyl (C=O) groups is 2. The minimum absolute atomic E-state index is 0.00161. The molecule has 2 aromatic rings. The molecule has 1 aromatic heterocycles. The number of thiophene rings is 1. The number of ether oxygens (including phenoxy) is 2. The molecule has 0 unspecified atom stereocenters. The van der Waals surface area contributed by atoms with Gasteiger partial charge in [-0.1, -0.05) is 49.8 Å². The lowest BCUT2D eigenvalue weighted by atomic mass is 9.46. The number of hydrogen-bond acceptors (Lipinski definition) is 8. The number of rotatable bonds is 6. The first-order valence-electron chi connectivity index (χ1n) is 15.0. The van der Waals surface area contributed by atoms with Crippen molar-refractivity contribution in [3.05, 3.63) is 81.1 Å². The Kier molecular flexibility index (Phi) is 6.77. The van der Waals surface area contributed by atoms with Crippen molar-refractivity contribution in [2.24, 2.45) is 28.6 Å². The molecule has 2 heterocycles. The number of Topliss-reactive ketones (excluding diaryl/α,β-unsaturated/α-hetero) is 1. The molecular formula is C34H38O7S. The van der Waals surface area contributed by atoms with Crippen molar-refractivity contribution in [2.75, 3.05) is 6.61 Å². The number of hydrogen-bond donors (Lipinski definition) is 3. The molecule has 7 rings (SSSR count). The van der Waals surface area contributed by atoms with Gasteiger partial charge in [0.25, 0.3) is 0 Å². The van der Waals surface area contributed by atoms with Crippen LogP contribution in [0.15, 0.2) is 59.5 Å². The highest BCUT2D eigenvalue weighted by molar-refractivity contribution is 7.10. The molecule has 7 nitrogen and oxygen atoms in total. The summed E-state index contributed by atoms with van der Waals surface area (Å²) in [6, 6.07) is 9.92. The minimum atomic E-state index is -1.35. The Balaban J connectivity index is 1.18. The third-order valence-electron chi connectivity index (χ3n) is 11.3. The van der Waals surface area contributed by atoms with Crippen molar-refractivity contribution < 1.29 is 34.4 Å². The zero-order chi connectivity index (χ0) is 29.4. The fourth-order valence-electron chi connectivity index (χ4n) is 9.50. The predicted molar refractivity (Wildman–Crippen MR) is 156 cm³/mol. The summed E-state index contributed by atoms with van der Waals surface area (Å²) in [4.78, 5) is 26.8. The van der Waals surface area contributed by atoms with Crippen LogP contribution in [0.4, 0.5) is 0 Å². The topological polar surface area (TPSA) is 113 Å². The Morgan fingerprint density at radius 3 is 2.74 bits per heavy atom. The van der Waals surface area contributed by atoms with E-state index in [2.05, 4.69) is 25.3 Å². The van der Waals surface area contributed by atoms with E-state index in [4.69, 9.17) is 9.47 Å². The molecule has 222 valence electrons. The van der Waals surface area contributed by atoms with Crippen LogP contribution in [0, 0.1) is 28.6 Å². The van der Waals surface area contributed by atoms with Crippen LogP contribution in [-0.4, -0.2) is 51.3 Å². The van der Waals surface area contributed by atoms with E-state index in [1.54, 1.807) is 12.2 Å². The SMILES string of the molecule is C[C@]12C=CC(=O)C=C1CC[C@@H]1[C@@H]2[C@@H](O)C[C@@]2(C)[C@H]1C[C@H]1O[C@@H](c3cc(Cc4cccc(CO)c4)cs3)O[C@]12C(=O)CO. The van der Waals surface area contributed by atoms with Crippen LogP contribution in [0.1, 0.15) is 67.4 Å². The molecule has 1 aliphatic heterocycles. The van der Waals surface area contributed by atoms with Gasteiger partial charge >= 0.3 is 0 Å². The molecule has 0 spiro atoms. The van der Waals surface area contributed by atoms with Crippen LogP contribution in [0.2, 0.25) is 0 Å². The van der Waals surface area contributed by atoms with Gasteiger partial charge in [0, 0.05) is 16.7 Å². The van der Waals surface area contributed by atoms with E-state index in [9.17, 15) is 24.9 Å². The van der Waals surface area contributed by atoms with E-state index >= 15 is 0 Å². The van der Waals surface area contributed by atoms with E-state index < -0.39 is 41.5 Å². The molecule has 0 amide bonds. The molecule has 8 heteroatoms. The van der Waals surface area contributed by atoms with Crippen LogP contribution < -0.4 is 0 Å². The summed E-state index contributed by atoms with van der Waals surface area (Å²) in [7, 11) is 0. The van der Waals surface area contributed by atoms with Gasteiger partial charge in [-0.05, 0) is 84.2 Å². The van der Waals surface area contributed by atoms with Crippen LogP contribution in [0.25, 0.3) is 0 Å². The van der Waals surface area contributed by atoms with Crippen molar-refractivity contribution in [1.29, 1.82) is 0 Å². The van der Waals surface area contributed by atoms with Gasteiger partial charge in [-0.3, -0.25) is 9.59 Å². The number of aliphatic hydroxyl groups excluding tert-OH is 3. The Hall–Kier alpha value is -2.46. The molecule has 1 saturated heterocycles. The monoisotopic (exact) mass is 590 g/mol. The molecule has 3 N–H and O–H groups in total. The minimum Gasteiger partial charge on any atom is -0.393 e. The Bertz CT molecular complexity index is 1490. The molecule has 4 aliphatic carbocycles. The molecule has 0 radical (unpaired) electrons. The number of allylic oxidation sites excluding steroid dienone is 4. The predicted octanol–water partition coefficient (Wildman–Crippen LogP) is 4.43. The maximum Gasteiger partial charge on any atom is 0.194 e. The van der Waals surface area contributed by atoms with Gasteiger partial charge in [-0.25, -0.2) is 0 Å². The van der Waals surface area contributed by atoms with E-state index in [0.29, 0.717) is 19.3 Å². The van der Waals surface area contributed by atoms with Gasteiger partial charge in [0.15, 0.2) is 23.5 Å². The van der Waals surface area contributed by atoms with E-state index in [-0.39, 0.29) is 35.9 Å². The summed E-state index contributed by atoms with van der Waals surface area (Å²) in [5.74, 6) is -0.257.